The van der Waals surface area contributed by atoms with Crippen LogP contribution in [0, 0.1) is 6.92 Å². The maximum Gasteiger partial charge on any atom is 0.264 e. The van der Waals surface area contributed by atoms with E-state index in [9.17, 15) is 18.0 Å². The van der Waals surface area contributed by atoms with Crippen LogP contribution in [0.1, 0.15) is 16.7 Å². The van der Waals surface area contributed by atoms with Crippen LogP contribution in [0.5, 0.6) is 0 Å². The van der Waals surface area contributed by atoms with Crippen LogP contribution in [0.15, 0.2) is 112 Å². The fourth-order valence-electron chi connectivity index (χ4n) is 4.61. The zero-order valence-corrected chi connectivity index (χ0v) is 26.4. The Morgan fingerprint density at radius 3 is 2.10 bits per heavy atom. The SMILES string of the molecule is CNC(=O)[C@@H](Cc1ccccc1)N(Cc1ccc(Br)cc1)C(=O)CN(c1cccc(Cl)c1C)S(=O)(=O)c1ccccc1. The summed E-state index contributed by atoms with van der Waals surface area (Å²) < 4.78 is 30.0. The second-order valence-corrected chi connectivity index (χ2v) is 12.9. The van der Waals surface area contributed by atoms with Crippen molar-refractivity contribution in [3.63, 3.8) is 0 Å². The summed E-state index contributed by atoms with van der Waals surface area (Å²) in [6.45, 7) is 1.25. The van der Waals surface area contributed by atoms with Gasteiger partial charge < -0.3 is 10.2 Å². The number of amides is 2. The summed E-state index contributed by atoms with van der Waals surface area (Å²) in [5, 5.41) is 3.05. The van der Waals surface area contributed by atoms with E-state index in [1.807, 2.05) is 54.6 Å². The van der Waals surface area contributed by atoms with Crippen LogP contribution in [-0.4, -0.2) is 44.8 Å². The first-order chi connectivity index (χ1) is 20.1. The maximum atomic E-state index is 14.3. The number of hydrogen-bond donors (Lipinski definition) is 1. The molecule has 7 nitrogen and oxygen atoms in total. The van der Waals surface area contributed by atoms with Crippen molar-refractivity contribution in [3.05, 3.63) is 129 Å². The van der Waals surface area contributed by atoms with Gasteiger partial charge in [-0.25, -0.2) is 8.42 Å². The monoisotopic (exact) mass is 667 g/mol. The van der Waals surface area contributed by atoms with Crippen LogP contribution in [-0.2, 0) is 32.6 Å². The number of benzene rings is 4. The molecule has 42 heavy (non-hydrogen) atoms. The molecule has 1 atom stereocenters. The van der Waals surface area contributed by atoms with Crippen molar-refractivity contribution in [3.8, 4) is 0 Å². The van der Waals surface area contributed by atoms with Crippen molar-refractivity contribution < 1.29 is 18.0 Å². The molecule has 2 amide bonds. The third-order valence-electron chi connectivity index (χ3n) is 6.90. The number of anilines is 1. The van der Waals surface area contributed by atoms with Crippen molar-refractivity contribution in [1.82, 2.24) is 10.2 Å². The lowest BCUT2D eigenvalue weighted by Crippen LogP contribution is -2.53. The summed E-state index contributed by atoms with van der Waals surface area (Å²) in [6.07, 6.45) is 0.240. The number of hydrogen-bond acceptors (Lipinski definition) is 4. The van der Waals surface area contributed by atoms with Crippen LogP contribution in [0.4, 0.5) is 5.69 Å². The molecular weight excluding hydrogens is 638 g/mol. The Bertz CT molecular complexity index is 1640. The molecule has 0 heterocycles. The standard InChI is InChI=1S/C32H31BrClN3O4S/c1-23-28(34)14-9-15-29(23)37(42(40,41)27-12-7-4-8-13-27)22-31(38)36(21-25-16-18-26(33)19-17-25)30(32(39)35-2)20-24-10-5-3-6-11-24/h3-19,30H,20-22H2,1-2H3,(H,35,39)/t30-/m1/s1. The normalized spacial score (nSPS) is 11.9. The Balaban J connectivity index is 1.81. The molecule has 0 aliphatic heterocycles. The first-order valence-corrected chi connectivity index (χ1v) is 15.8. The Kier molecular flexibility index (Phi) is 10.4. The summed E-state index contributed by atoms with van der Waals surface area (Å²) in [6, 6.07) is 28.8. The van der Waals surface area contributed by atoms with Gasteiger partial charge in [0.15, 0.2) is 0 Å². The minimum absolute atomic E-state index is 0.0313. The number of rotatable bonds is 11. The van der Waals surface area contributed by atoms with Crippen molar-refractivity contribution in [2.45, 2.75) is 30.8 Å². The third-order valence-corrected chi connectivity index (χ3v) is 9.61. The van der Waals surface area contributed by atoms with Gasteiger partial charge in [-0.15, -0.1) is 0 Å². The molecule has 0 saturated carbocycles. The van der Waals surface area contributed by atoms with Crippen molar-refractivity contribution in [2.24, 2.45) is 0 Å². The highest BCUT2D eigenvalue weighted by Gasteiger charge is 2.35. The average Bonchev–Trinajstić information content (AvgIpc) is 3.00. The van der Waals surface area contributed by atoms with Crippen LogP contribution in [0.25, 0.3) is 0 Å². The number of halogens is 2. The number of nitrogens with zero attached hydrogens (tertiary/aromatic N) is 2. The predicted octanol–water partition coefficient (Wildman–Crippen LogP) is 5.99. The fraction of sp³-hybridized carbons (Fsp3) is 0.188. The van der Waals surface area contributed by atoms with E-state index in [0.29, 0.717) is 10.6 Å². The van der Waals surface area contributed by atoms with Crippen LogP contribution >= 0.6 is 27.5 Å². The molecule has 0 fully saturated rings. The molecular formula is C32H31BrClN3O4S. The molecule has 4 aromatic rings. The smallest absolute Gasteiger partial charge is 0.264 e. The molecule has 4 rings (SSSR count). The highest BCUT2D eigenvalue weighted by molar-refractivity contribution is 9.10. The van der Waals surface area contributed by atoms with Gasteiger partial charge >= 0.3 is 0 Å². The lowest BCUT2D eigenvalue weighted by Gasteiger charge is -2.34. The minimum atomic E-state index is -4.19. The molecule has 0 aliphatic rings. The summed E-state index contributed by atoms with van der Waals surface area (Å²) in [7, 11) is -2.67. The fourth-order valence-corrected chi connectivity index (χ4v) is 6.53. The molecule has 0 spiro atoms. The van der Waals surface area contributed by atoms with Gasteiger partial charge in [0.1, 0.15) is 12.6 Å². The number of likely N-dealkylation sites (N-methyl/N-ethyl adjacent to an activating group) is 1. The van der Waals surface area contributed by atoms with E-state index in [0.717, 1.165) is 19.9 Å². The number of carbonyl (C=O) groups excluding carboxylic acids is 2. The van der Waals surface area contributed by atoms with Crippen molar-refractivity contribution in [1.29, 1.82) is 0 Å². The van der Waals surface area contributed by atoms with E-state index in [4.69, 9.17) is 11.6 Å². The van der Waals surface area contributed by atoms with Crippen LogP contribution in [0.2, 0.25) is 5.02 Å². The van der Waals surface area contributed by atoms with Gasteiger partial charge in [-0.1, -0.05) is 94.3 Å². The molecule has 0 aliphatic carbocycles. The van der Waals surface area contributed by atoms with Gasteiger partial charge in [-0.3, -0.25) is 13.9 Å². The highest BCUT2D eigenvalue weighted by atomic mass is 79.9. The van der Waals surface area contributed by atoms with Crippen molar-refractivity contribution in [2.75, 3.05) is 17.9 Å². The second-order valence-electron chi connectivity index (χ2n) is 9.68. The predicted molar refractivity (Wildman–Crippen MR) is 170 cm³/mol. The molecule has 0 bridgehead atoms. The highest BCUT2D eigenvalue weighted by Crippen LogP contribution is 2.31. The Labute approximate surface area is 260 Å². The summed E-state index contributed by atoms with van der Waals surface area (Å²) >= 11 is 9.84. The summed E-state index contributed by atoms with van der Waals surface area (Å²) in [5.74, 6) is -0.901. The molecule has 0 saturated heterocycles. The van der Waals surface area contributed by atoms with E-state index in [-0.39, 0.29) is 29.5 Å². The first kappa shape index (κ1) is 31.3. The largest absolute Gasteiger partial charge is 0.357 e. The Morgan fingerprint density at radius 2 is 1.48 bits per heavy atom. The number of sulfonamides is 1. The second kappa shape index (κ2) is 14.0. The van der Waals surface area contributed by atoms with Gasteiger partial charge in [0.05, 0.1) is 10.6 Å². The maximum absolute atomic E-state index is 14.3. The van der Waals surface area contributed by atoms with Gasteiger partial charge in [0.25, 0.3) is 10.0 Å². The Morgan fingerprint density at radius 1 is 0.857 bits per heavy atom. The summed E-state index contributed by atoms with van der Waals surface area (Å²) in [5.41, 5.74) is 2.44. The molecule has 218 valence electrons. The first-order valence-electron chi connectivity index (χ1n) is 13.2. The van der Waals surface area contributed by atoms with Crippen LogP contribution < -0.4 is 9.62 Å². The molecule has 0 unspecified atom stereocenters. The third kappa shape index (κ3) is 7.40. The van der Waals surface area contributed by atoms with Crippen LogP contribution in [0.3, 0.4) is 0 Å². The van der Waals surface area contributed by atoms with Gasteiger partial charge in [0.2, 0.25) is 11.8 Å². The average molecular weight is 669 g/mol. The molecule has 10 heteroatoms. The van der Waals surface area contributed by atoms with Gasteiger partial charge in [0, 0.05) is 29.5 Å². The van der Waals surface area contributed by atoms with E-state index < -0.39 is 28.5 Å². The lowest BCUT2D eigenvalue weighted by molar-refractivity contribution is -0.139. The zero-order valence-electron chi connectivity index (χ0n) is 23.2. The Hall–Kier alpha value is -3.66. The minimum Gasteiger partial charge on any atom is -0.357 e. The van der Waals surface area contributed by atoms with E-state index in [1.165, 1.54) is 24.1 Å². The summed E-state index contributed by atoms with van der Waals surface area (Å²) in [4.78, 5) is 29.1. The van der Waals surface area contributed by atoms with Gasteiger partial charge in [-0.2, -0.15) is 0 Å². The lowest BCUT2D eigenvalue weighted by atomic mass is 10.0. The van der Waals surface area contributed by atoms with E-state index in [1.54, 1.807) is 43.3 Å². The molecule has 0 radical (unpaired) electrons. The van der Waals surface area contributed by atoms with Gasteiger partial charge in [-0.05, 0) is 60.0 Å². The molecule has 1 N–H and O–H groups in total. The van der Waals surface area contributed by atoms with Crippen molar-refractivity contribution >= 4 is 55.1 Å². The molecule has 0 aromatic heterocycles. The molecule has 4 aromatic carbocycles. The number of carbonyl (C=O) groups is 2. The van der Waals surface area contributed by atoms with E-state index >= 15 is 0 Å². The quantitative estimate of drug-likeness (QED) is 0.213. The topological polar surface area (TPSA) is 86.8 Å². The zero-order chi connectivity index (χ0) is 30.3. The number of nitrogens with one attached hydrogen (secondary N) is 1. The van der Waals surface area contributed by atoms with E-state index in [2.05, 4.69) is 21.2 Å².